The maximum Gasteiger partial charge on any atom is 0.327 e. The number of nitrogens with one attached hydrogen (secondary N) is 1. The van der Waals surface area contributed by atoms with Crippen LogP contribution < -0.4 is 5.32 Å². The van der Waals surface area contributed by atoms with Crippen LogP contribution in [-0.4, -0.2) is 44.2 Å². The van der Waals surface area contributed by atoms with E-state index in [9.17, 15) is 4.79 Å². The lowest BCUT2D eigenvalue weighted by atomic mass is 10.0. The van der Waals surface area contributed by atoms with Crippen molar-refractivity contribution in [2.24, 2.45) is 0 Å². The van der Waals surface area contributed by atoms with Crippen LogP contribution in [0, 0.1) is 6.92 Å². The molecule has 0 aromatic heterocycles. The first-order chi connectivity index (χ1) is 8.72. The third-order valence-corrected chi connectivity index (χ3v) is 3.30. The molecule has 0 aliphatic carbocycles. The Morgan fingerprint density at radius 3 is 2.72 bits per heavy atom. The van der Waals surface area contributed by atoms with Gasteiger partial charge in [0.2, 0.25) is 0 Å². The van der Waals surface area contributed by atoms with Gasteiger partial charge in [-0.15, -0.1) is 0 Å². The van der Waals surface area contributed by atoms with Crippen molar-refractivity contribution in [2.75, 3.05) is 33.3 Å². The van der Waals surface area contributed by atoms with Gasteiger partial charge in [0.1, 0.15) is 6.04 Å². The molecule has 1 aliphatic rings. The largest absolute Gasteiger partial charge is 0.468 e. The minimum absolute atomic E-state index is 0.178. The second-order valence-corrected chi connectivity index (χ2v) is 4.63. The summed E-state index contributed by atoms with van der Waals surface area (Å²) in [5.41, 5.74) is 2.18. The molecular weight excluding hydrogens is 228 g/mol. The Bertz CT molecular complexity index is 414. The van der Waals surface area contributed by atoms with E-state index in [4.69, 9.17) is 4.74 Å². The Kier molecular flexibility index (Phi) is 4.33. The van der Waals surface area contributed by atoms with Crippen LogP contribution in [0.25, 0.3) is 0 Å². The highest BCUT2D eigenvalue weighted by Crippen LogP contribution is 2.23. The van der Waals surface area contributed by atoms with Gasteiger partial charge in [0.05, 0.1) is 7.11 Å². The molecule has 1 saturated heterocycles. The van der Waals surface area contributed by atoms with Crippen LogP contribution in [0.5, 0.6) is 0 Å². The first kappa shape index (κ1) is 13.1. The molecule has 0 bridgehead atoms. The number of hydrogen-bond acceptors (Lipinski definition) is 4. The molecule has 1 N–H and O–H groups in total. The summed E-state index contributed by atoms with van der Waals surface area (Å²) in [6.45, 7) is 5.61. The number of piperazine rings is 1. The van der Waals surface area contributed by atoms with Crippen molar-refractivity contribution in [3.63, 3.8) is 0 Å². The number of rotatable bonds is 3. The lowest BCUT2D eigenvalue weighted by Crippen LogP contribution is -2.47. The number of carbonyl (C=O) groups is 1. The molecule has 0 saturated carbocycles. The number of esters is 1. The van der Waals surface area contributed by atoms with Crippen molar-refractivity contribution in [3.8, 4) is 0 Å². The summed E-state index contributed by atoms with van der Waals surface area (Å²) in [6, 6.07) is 7.80. The van der Waals surface area contributed by atoms with Gasteiger partial charge in [0, 0.05) is 26.2 Å². The molecule has 1 aromatic carbocycles. The Morgan fingerprint density at radius 2 is 2.11 bits per heavy atom. The number of aryl methyl sites for hydroxylation is 1. The highest BCUT2D eigenvalue weighted by Gasteiger charge is 2.29. The minimum Gasteiger partial charge on any atom is -0.468 e. The molecule has 18 heavy (non-hydrogen) atoms. The second-order valence-electron chi connectivity index (χ2n) is 4.63. The molecule has 98 valence electrons. The molecule has 0 unspecified atom stereocenters. The summed E-state index contributed by atoms with van der Waals surface area (Å²) in [6.07, 6.45) is 0. The topological polar surface area (TPSA) is 41.6 Å². The summed E-state index contributed by atoms with van der Waals surface area (Å²) in [4.78, 5) is 14.2. The molecule has 0 amide bonds. The minimum atomic E-state index is -0.281. The number of hydrogen-bond donors (Lipinski definition) is 1. The fourth-order valence-corrected chi connectivity index (χ4v) is 2.39. The predicted molar refractivity (Wildman–Crippen MR) is 70.4 cm³/mol. The molecule has 1 atom stereocenters. The molecule has 1 fully saturated rings. The van der Waals surface area contributed by atoms with E-state index in [0.29, 0.717) is 0 Å². The van der Waals surface area contributed by atoms with Crippen LogP contribution >= 0.6 is 0 Å². The SMILES string of the molecule is COC(=O)[C@@H](c1cccc(C)c1)N1CCNCC1. The van der Waals surface area contributed by atoms with Crippen molar-refractivity contribution in [3.05, 3.63) is 35.4 Å². The lowest BCUT2D eigenvalue weighted by Gasteiger charge is -2.33. The summed E-state index contributed by atoms with van der Waals surface area (Å²) in [5.74, 6) is -0.178. The van der Waals surface area contributed by atoms with E-state index in [0.717, 1.165) is 37.3 Å². The second kappa shape index (κ2) is 5.98. The average Bonchev–Trinajstić information content (AvgIpc) is 2.40. The molecule has 1 aromatic rings. The van der Waals surface area contributed by atoms with Gasteiger partial charge in [-0.3, -0.25) is 4.90 Å². The van der Waals surface area contributed by atoms with Crippen LogP contribution in [-0.2, 0) is 9.53 Å². The van der Waals surface area contributed by atoms with Gasteiger partial charge < -0.3 is 10.1 Å². The summed E-state index contributed by atoms with van der Waals surface area (Å²) < 4.78 is 4.96. The first-order valence-electron chi connectivity index (χ1n) is 6.31. The Morgan fingerprint density at radius 1 is 1.39 bits per heavy atom. The fraction of sp³-hybridized carbons (Fsp3) is 0.500. The smallest absolute Gasteiger partial charge is 0.327 e. The zero-order chi connectivity index (χ0) is 13.0. The summed E-state index contributed by atoms with van der Waals surface area (Å²) in [5, 5.41) is 3.30. The molecule has 0 spiro atoms. The molecule has 2 rings (SSSR count). The first-order valence-corrected chi connectivity index (χ1v) is 6.31. The molecule has 4 nitrogen and oxygen atoms in total. The summed E-state index contributed by atoms with van der Waals surface area (Å²) in [7, 11) is 1.45. The summed E-state index contributed by atoms with van der Waals surface area (Å²) >= 11 is 0. The van der Waals surface area contributed by atoms with E-state index in [-0.39, 0.29) is 12.0 Å². The number of benzene rings is 1. The van der Waals surface area contributed by atoms with E-state index < -0.39 is 0 Å². The maximum absolute atomic E-state index is 12.0. The third kappa shape index (κ3) is 2.89. The number of nitrogens with zero attached hydrogens (tertiary/aromatic N) is 1. The number of methoxy groups -OCH3 is 1. The highest BCUT2D eigenvalue weighted by atomic mass is 16.5. The molecule has 4 heteroatoms. The van der Waals surface area contributed by atoms with Crippen molar-refractivity contribution in [1.82, 2.24) is 10.2 Å². The van der Waals surface area contributed by atoms with Gasteiger partial charge in [0.15, 0.2) is 0 Å². The zero-order valence-corrected chi connectivity index (χ0v) is 11.0. The van der Waals surface area contributed by atoms with Crippen LogP contribution in [0.4, 0.5) is 0 Å². The van der Waals surface area contributed by atoms with Crippen molar-refractivity contribution >= 4 is 5.97 Å². The van der Waals surface area contributed by atoms with Crippen molar-refractivity contribution in [2.45, 2.75) is 13.0 Å². The normalized spacial score (nSPS) is 18.3. The highest BCUT2D eigenvalue weighted by molar-refractivity contribution is 5.77. The van der Waals surface area contributed by atoms with Gasteiger partial charge in [-0.25, -0.2) is 4.79 Å². The van der Waals surface area contributed by atoms with Gasteiger partial charge in [-0.05, 0) is 12.5 Å². The van der Waals surface area contributed by atoms with Crippen molar-refractivity contribution in [1.29, 1.82) is 0 Å². The van der Waals surface area contributed by atoms with Crippen LogP contribution in [0.15, 0.2) is 24.3 Å². The average molecular weight is 248 g/mol. The van der Waals surface area contributed by atoms with Gasteiger partial charge >= 0.3 is 5.97 Å². The molecule has 1 heterocycles. The van der Waals surface area contributed by atoms with E-state index in [2.05, 4.69) is 16.3 Å². The molecule has 0 radical (unpaired) electrons. The maximum atomic E-state index is 12.0. The van der Waals surface area contributed by atoms with Gasteiger partial charge in [0.25, 0.3) is 0 Å². The Balaban J connectivity index is 2.26. The fourth-order valence-electron chi connectivity index (χ4n) is 2.39. The number of carbonyl (C=O) groups excluding carboxylic acids is 1. The predicted octanol–water partition coefficient (Wildman–Crippen LogP) is 1.11. The Labute approximate surface area is 108 Å². The lowest BCUT2D eigenvalue weighted by molar-refractivity contribution is -0.147. The number of ether oxygens (including phenoxy) is 1. The van der Waals surface area contributed by atoms with Gasteiger partial charge in [-0.2, -0.15) is 0 Å². The van der Waals surface area contributed by atoms with Crippen LogP contribution in [0.2, 0.25) is 0 Å². The van der Waals surface area contributed by atoms with E-state index in [1.807, 2.05) is 25.1 Å². The van der Waals surface area contributed by atoms with Gasteiger partial charge in [-0.1, -0.05) is 29.8 Å². The van der Waals surface area contributed by atoms with E-state index in [1.54, 1.807) is 0 Å². The molecule has 1 aliphatic heterocycles. The van der Waals surface area contributed by atoms with Crippen LogP contribution in [0.1, 0.15) is 17.2 Å². The van der Waals surface area contributed by atoms with Crippen LogP contribution in [0.3, 0.4) is 0 Å². The standard InChI is InChI=1S/C14H20N2O2/c1-11-4-3-5-12(10-11)13(14(17)18-2)16-8-6-15-7-9-16/h3-5,10,13,15H,6-9H2,1-2H3/t13-/m1/s1. The van der Waals surface area contributed by atoms with E-state index in [1.165, 1.54) is 7.11 Å². The quantitative estimate of drug-likeness (QED) is 0.814. The molecular formula is C14H20N2O2. The van der Waals surface area contributed by atoms with E-state index >= 15 is 0 Å². The van der Waals surface area contributed by atoms with Crippen molar-refractivity contribution < 1.29 is 9.53 Å². The zero-order valence-electron chi connectivity index (χ0n) is 11.0. The third-order valence-electron chi connectivity index (χ3n) is 3.30. The Hall–Kier alpha value is -1.39. The monoisotopic (exact) mass is 248 g/mol.